The minimum atomic E-state index is -0.498. The van der Waals surface area contributed by atoms with Gasteiger partial charge in [-0.2, -0.15) is 5.26 Å². The Hall–Kier alpha value is -3.07. The first-order valence-electron chi connectivity index (χ1n) is 6.45. The van der Waals surface area contributed by atoms with Gasteiger partial charge in [0.1, 0.15) is 6.04 Å². The molecule has 0 saturated heterocycles. The SMILES string of the molecule is N#C[C@@H]1Nc2ccccc2N[C@H]1c1cccc([N+](=O)[O-])c1. The van der Waals surface area contributed by atoms with Gasteiger partial charge in [0.2, 0.25) is 0 Å². The molecule has 1 aliphatic rings. The highest BCUT2D eigenvalue weighted by atomic mass is 16.6. The third kappa shape index (κ3) is 2.37. The summed E-state index contributed by atoms with van der Waals surface area (Å²) in [5.41, 5.74) is 2.45. The largest absolute Gasteiger partial charge is 0.373 e. The maximum atomic E-state index is 10.9. The molecule has 104 valence electrons. The van der Waals surface area contributed by atoms with Crippen molar-refractivity contribution in [2.75, 3.05) is 10.6 Å². The van der Waals surface area contributed by atoms with E-state index in [2.05, 4.69) is 16.7 Å². The van der Waals surface area contributed by atoms with Crippen molar-refractivity contribution in [2.45, 2.75) is 12.1 Å². The van der Waals surface area contributed by atoms with E-state index in [9.17, 15) is 15.4 Å². The molecule has 1 aliphatic heterocycles. The summed E-state index contributed by atoms with van der Waals surface area (Å²) in [6, 6.07) is 15.3. The molecule has 6 nitrogen and oxygen atoms in total. The maximum absolute atomic E-state index is 10.9. The van der Waals surface area contributed by atoms with E-state index in [1.165, 1.54) is 12.1 Å². The second-order valence-corrected chi connectivity index (χ2v) is 4.77. The molecule has 21 heavy (non-hydrogen) atoms. The number of nitro groups is 1. The number of nitrogens with one attached hydrogen (secondary N) is 2. The fourth-order valence-corrected chi connectivity index (χ4v) is 2.45. The normalized spacial score (nSPS) is 19.6. The fraction of sp³-hybridized carbons (Fsp3) is 0.133. The number of nitro benzene ring substituents is 1. The second-order valence-electron chi connectivity index (χ2n) is 4.77. The Kier molecular flexibility index (Phi) is 3.16. The number of hydrogen-bond donors (Lipinski definition) is 2. The topological polar surface area (TPSA) is 91.0 Å². The van der Waals surface area contributed by atoms with Crippen LogP contribution in [0, 0.1) is 21.4 Å². The summed E-state index contributed by atoms with van der Waals surface area (Å²) in [4.78, 5) is 10.5. The van der Waals surface area contributed by atoms with Crippen LogP contribution in [-0.2, 0) is 0 Å². The molecular formula is C15H12N4O2. The van der Waals surface area contributed by atoms with Crippen molar-refractivity contribution in [3.8, 4) is 6.07 Å². The van der Waals surface area contributed by atoms with Gasteiger partial charge >= 0.3 is 0 Å². The van der Waals surface area contributed by atoms with Crippen molar-refractivity contribution >= 4 is 17.1 Å². The number of fused-ring (bicyclic) bond motifs is 1. The molecule has 0 unspecified atom stereocenters. The van der Waals surface area contributed by atoms with Crippen molar-refractivity contribution < 1.29 is 4.92 Å². The molecule has 0 aliphatic carbocycles. The molecular weight excluding hydrogens is 268 g/mol. The van der Waals surface area contributed by atoms with Gasteiger partial charge in [0, 0.05) is 12.1 Å². The molecule has 0 spiro atoms. The van der Waals surface area contributed by atoms with Crippen LogP contribution < -0.4 is 10.6 Å². The molecule has 0 aromatic heterocycles. The molecule has 1 heterocycles. The lowest BCUT2D eigenvalue weighted by atomic mass is 9.96. The summed E-state index contributed by atoms with van der Waals surface area (Å²) < 4.78 is 0. The Morgan fingerprint density at radius 2 is 1.81 bits per heavy atom. The summed E-state index contributed by atoms with van der Waals surface area (Å²) in [5, 5.41) is 26.7. The van der Waals surface area contributed by atoms with Gasteiger partial charge in [0.15, 0.2) is 0 Å². The van der Waals surface area contributed by atoms with Gasteiger partial charge in [-0.3, -0.25) is 10.1 Å². The molecule has 2 N–H and O–H groups in total. The zero-order chi connectivity index (χ0) is 14.8. The Bertz CT molecular complexity index is 738. The summed E-state index contributed by atoms with van der Waals surface area (Å²) >= 11 is 0. The third-order valence-electron chi connectivity index (χ3n) is 3.46. The Morgan fingerprint density at radius 1 is 1.10 bits per heavy atom. The van der Waals surface area contributed by atoms with Gasteiger partial charge in [-0.1, -0.05) is 24.3 Å². The number of hydrogen-bond acceptors (Lipinski definition) is 5. The first kappa shape index (κ1) is 12.9. The van der Waals surface area contributed by atoms with E-state index >= 15 is 0 Å². The highest BCUT2D eigenvalue weighted by Crippen LogP contribution is 2.35. The maximum Gasteiger partial charge on any atom is 0.269 e. The van der Waals surface area contributed by atoms with Crippen LogP contribution in [0.15, 0.2) is 48.5 Å². The lowest BCUT2D eigenvalue weighted by Crippen LogP contribution is -2.35. The summed E-state index contributed by atoms with van der Waals surface area (Å²) in [6.07, 6.45) is 0. The number of rotatable bonds is 2. The van der Waals surface area contributed by atoms with Gasteiger partial charge in [0.05, 0.1) is 28.4 Å². The number of anilines is 2. The van der Waals surface area contributed by atoms with Crippen LogP contribution in [0.5, 0.6) is 0 Å². The fourth-order valence-electron chi connectivity index (χ4n) is 2.45. The number of benzene rings is 2. The standard InChI is InChI=1S/C15H12N4O2/c16-9-14-15(10-4-3-5-11(8-10)19(20)21)18-13-7-2-1-6-12(13)17-14/h1-8,14-15,17-18H/t14-,15-/m0/s1. The van der Waals surface area contributed by atoms with E-state index in [4.69, 9.17) is 0 Å². The van der Waals surface area contributed by atoms with Crippen LogP contribution in [-0.4, -0.2) is 11.0 Å². The van der Waals surface area contributed by atoms with Crippen molar-refractivity contribution in [1.29, 1.82) is 5.26 Å². The van der Waals surface area contributed by atoms with Gasteiger partial charge in [-0.15, -0.1) is 0 Å². The lowest BCUT2D eigenvalue weighted by Gasteiger charge is -2.32. The van der Waals surface area contributed by atoms with E-state index < -0.39 is 11.0 Å². The molecule has 0 amide bonds. The molecule has 0 bridgehead atoms. The van der Waals surface area contributed by atoms with E-state index in [1.807, 2.05) is 24.3 Å². The predicted octanol–water partition coefficient (Wildman–Crippen LogP) is 3.07. The van der Waals surface area contributed by atoms with E-state index in [1.54, 1.807) is 12.1 Å². The van der Waals surface area contributed by atoms with Crippen LogP contribution in [0.25, 0.3) is 0 Å². The first-order valence-corrected chi connectivity index (χ1v) is 6.45. The highest BCUT2D eigenvalue weighted by Gasteiger charge is 2.29. The van der Waals surface area contributed by atoms with E-state index in [-0.39, 0.29) is 11.7 Å². The Morgan fingerprint density at radius 3 is 2.48 bits per heavy atom. The molecule has 0 radical (unpaired) electrons. The smallest absolute Gasteiger partial charge is 0.269 e. The zero-order valence-electron chi connectivity index (χ0n) is 11.0. The van der Waals surface area contributed by atoms with Crippen molar-refractivity contribution in [1.82, 2.24) is 0 Å². The Balaban J connectivity index is 2.00. The monoisotopic (exact) mass is 280 g/mol. The van der Waals surface area contributed by atoms with Crippen LogP contribution >= 0.6 is 0 Å². The third-order valence-corrected chi connectivity index (χ3v) is 3.46. The molecule has 6 heteroatoms. The molecule has 3 rings (SSSR count). The van der Waals surface area contributed by atoms with Crippen LogP contribution in [0.3, 0.4) is 0 Å². The average Bonchev–Trinajstić information content (AvgIpc) is 2.53. The van der Waals surface area contributed by atoms with Crippen molar-refractivity contribution in [3.05, 3.63) is 64.2 Å². The molecule has 0 saturated carbocycles. The summed E-state index contributed by atoms with van der Waals surface area (Å²) in [5.74, 6) is 0. The number of nitrogens with zero attached hydrogens (tertiary/aromatic N) is 2. The van der Waals surface area contributed by atoms with E-state index in [0.29, 0.717) is 5.56 Å². The summed E-state index contributed by atoms with van der Waals surface area (Å²) in [7, 11) is 0. The number of para-hydroxylation sites is 2. The van der Waals surface area contributed by atoms with Crippen molar-refractivity contribution in [3.63, 3.8) is 0 Å². The zero-order valence-corrected chi connectivity index (χ0v) is 11.0. The first-order chi connectivity index (χ1) is 10.2. The predicted molar refractivity (Wildman–Crippen MR) is 78.9 cm³/mol. The minimum absolute atomic E-state index is 0.0184. The summed E-state index contributed by atoms with van der Waals surface area (Å²) in [6.45, 7) is 0. The van der Waals surface area contributed by atoms with Gasteiger partial charge < -0.3 is 10.6 Å². The van der Waals surface area contributed by atoms with Crippen LogP contribution in [0.1, 0.15) is 11.6 Å². The van der Waals surface area contributed by atoms with Crippen molar-refractivity contribution in [2.24, 2.45) is 0 Å². The second kappa shape index (κ2) is 5.13. The molecule has 2 aromatic rings. The van der Waals surface area contributed by atoms with E-state index in [0.717, 1.165) is 11.4 Å². The number of nitriles is 1. The van der Waals surface area contributed by atoms with Crippen LogP contribution in [0.2, 0.25) is 0 Å². The van der Waals surface area contributed by atoms with Gasteiger partial charge in [0.25, 0.3) is 5.69 Å². The quantitative estimate of drug-likeness (QED) is 0.651. The molecule has 0 fully saturated rings. The Labute approximate surface area is 121 Å². The van der Waals surface area contributed by atoms with Crippen LogP contribution in [0.4, 0.5) is 17.1 Å². The van der Waals surface area contributed by atoms with Gasteiger partial charge in [-0.25, -0.2) is 0 Å². The van der Waals surface area contributed by atoms with Gasteiger partial charge in [-0.05, 0) is 17.7 Å². The molecule has 2 atom stereocenters. The lowest BCUT2D eigenvalue weighted by molar-refractivity contribution is -0.384. The number of non-ortho nitro benzene ring substituents is 1. The highest BCUT2D eigenvalue weighted by molar-refractivity contribution is 5.73. The average molecular weight is 280 g/mol. The minimum Gasteiger partial charge on any atom is -0.373 e. The molecule has 2 aromatic carbocycles.